The van der Waals surface area contributed by atoms with E-state index in [-0.39, 0.29) is 28.5 Å². The van der Waals surface area contributed by atoms with Crippen LogP contribution in [0, 0.1) is 0 Å². The van der Waals surface area contributed by atoms with E-state index in [1.807, 2.05) is 0 Å². The third-order valence-corrected chi connectivity index (χ3v) is 0.712. The van der Waals surface area contributed by atoms with Crippen molar-refractivity contribution in [3.8, 4) is 0 Å². The summed E-state index contributed by atoms with van der Waals surface area (Å²) in [6, 6.07) is -1.29. The fraction of sp³-hybridized carbons (Fsp3) is 0.500. The first kappa shape index (κ1) is 16.9. The zero-order chi connectivity index (χ0) is 7.44. The van der Waals surface area contributed by atoms with Crippen LogP contribution >= 0.6 is 0 Å². The first-order chi connectivity index (χ1) is 4.04. The standard InChI is InChI=1S/C4H7NO4.Mg.H2O/c5-2(4(8)9)1-3(6)7;;/h2H,1,5H2,(H,6,7)(H,8,9);;1H2/t2-;;/m0../s1. The lowest BCUT2D eigenvalue weighted by molar-refractivity contribution is -0.144. The summed E-state index contributed by atoms with van der Waals surface area (Å²) in [5.74, 6) is -2.50. The average Bonchev–Trinajstić information content (AvgIpc) is 1.63. The normalized spacial score (nSPS) is 10.3. The quantitative estimate of drug-likeness (QED) is 0.414. The average molecular weight is 175 g/mol. The summed E-state index contributed by atoms with van der Waals surface area (Å²) >= 11 is 0. The molecule has 62 valence electrons. The number of carboxylic acids is 2. The third-order valence-electron chi connectivity index (χ3n) is 0.712. The molecule has 0 saturated carbocycles. The maximum Gasteiger partial charge on any atom is 0.321 e. The van der Waals surface area contributed by atoms with Gasteiger partial charge in [0.25, 0.3) is 0 Å². The second-order valence-corrected chi connectivity index (χ2v) is 1.54. The molecule has 0 rings (SSSR count). The van der Waals surface area contributed by atoms with E-state index in [1.165, 1.54) is 0 Å². The maximum atomic E-state index is 9.85. The van der Waals surface area contributed by atoms with Crippen LogP contribution in [0.3, 0.4) is 0 Å². The predicted octanol–water partition coefficient (Wildman–Crippen LogP) is -2.33. The van der Waals surface area contributed by atoms with Crippen molar-refractivity contribution >= 4 is 35.0 Å². The minimum Gasteiger partial charge on any atom is -0.481 e. The van der Waals surface area contributed by atoms with Gasteiger partial charge in [0, 0.05) is 23.1 Å². The molecule has 0 aliphatic heterocycles. The number of rotatable bonds is 3. The van der Waals surface area contributed by atoms with Gasteiger partial charge in [-0.2, -0.15) is 0 Å². The molecular formula is C4H9MgNO5. The van der Waals surface area contributed by atoms with Gasteiger partial charge in [-0.3, -0.25) is 9.59 Å². The SMILES string of the molecule is N[C@@H](CC(=O)O)C(=O)O.O.[Mg]. The molecule has 0 bridgehead atoms. The molecule has 6 N–H and O–H groups in total. The summed E-state index contributed by atoms with van der Waals surface area (Å²) in [6.45, 7) is 0. The Morgan fingerprint density at radius 2 is 1.73 bits per heavy atom. The Balaban J connectivity index is -0.000000320. The second-order valence-electron chi connectivity index (χ2n) is 1.54. The Morgan fingerprint density at radius 1 is 1.36 bits per heavy atom. The van der Waals surface area contributed by atoms with E-state index in [2.05, 4.69) is 0 Å². The summed E-state index contributed by atoms with van der Waals surface area (Å²) in [5.41, 5.74) is 4.84. The predicted molar refractivity (Wildman–Crippen MR) is 37.2 cm³/mol. The van der Waals surface area contributed by atoms with Crippen LogP contribution in [-0.4, -0.2) is 56.7 Å². The van der Waals surface area contributed by atoms with E-state index in [0.29, 0.717) is 0 Å². The molecule has 0 amide bonds. The molecule has 0 aromatic carbocycles. The Morgan fingerprint density at radius 3 is 1.82 bits per heavy atom. The van der Waals surface area contributed by atoms with Gasteiger partial charge < -0.3 is 21.4 Å². The number of hydrogen-bond donors (Lipinski definition) is 3. The maximum absolute atomic E-state index is 9.85. The van der Waals surface area contributed by atoms with Gasteiger partial charge in [0.1, 0.15) is 6.04 Å². The topological polar surface area (TPSA) is 132 Å². The fourth-order valence-electron chi connectivity index (χ4n) is 0.275. The molecule has 0 spiro atoms. The van der Waals surface area contributed by atoms with E-state index in [9.17, 15) is 9.59 Å². The van der Waals surface area contributed by atoms with Gasteiger partial charge in [-0.25, -0.2) is 0 Å². The number of nitrogens with two attached hydrogens (primary N) is 1. The zero-order valence-corrected chi connectivity index (χ0v) is 7.19. The molecule has 11 heavy (non-hydrogen) atoms. The van der Waals surface area contributed by atoms with E-state index in [4.69, 9.17) is 15.9 Å². The summed E-state index contributed by atoms with van der Waals surface area (Å²) in [4.78, 5) is 19.6. The first-order valence-electron chi connectivity index (χ1n) is 2.24. The van der Waals surface area contributed by atoms with Gasteiger partial charge in [0.2, 0.25) is 0 Å². The lowest BCUT2D eigenvalue weighted by atomic mass is 10.2. The van der Waals surface area contributed by atoms with E-state index < -0.39 is 24.4 Å². The molecule has 0 heterocycles. The fourth-order valence-corrected chi connectivity index (χ4v) is 0.275. The number of carbonyl (C=O) groups is 2. The first-order valence-corrected chi connectivity index (χ1v) is 2.24. The van der Waals surface area contributed by atoms with Crippen molar-refractivity contribution in [3.05, 3.63) is 0 Å². The summed E-state index contributed by atoms with van der Waals surface area (Å²) < 4.78 is 0. The van der Waals surface area contributed by atoms with Gasteiger partial charge in [-0.05, 0) is 0 Å². The van der Waals surface area contributed by atoms with Crippen molar-refractivity contribution in [2.45, 2.75) is 12.5 Å². The van der Waals surface area contributed by atoms with Crippen LogP contribution < -0.4 is 5.73 Å². The van der Waals surface area contributed by atoms with Crippen molar-refractivity contribution in [1.29, 1.82) is 0 Å². The molecule has 0 aliphatic rings. The Hall–Kier alpha value is -0.374. The molecule has 0 aromatic rings. The minimum atomic E-state index is -1.29. The van der Waals surface area contributed by atoms with E-state index >= 15 is 0 Å². The lowest BCUT2D eigenvalue weighted by Gasteiger charge is -1.99. The molecule has 0 aliphatic carbocycles. The van der Waals surface area contributed by atoms with E-state index in [0.717, 1.165) is 0 Å². The molecule has 2 radical (unpaired) electrons. The van der Waals surface area contributed by atoms with Gasteiger partial charge in [0.05, 0.1) is 6.42 Å². The number of carboxylic acid groups (broad SMARTS) is 2. The van der Waals surface area contributed by atoms with Gasteiger partial charge in [0.15, 0.2) is 0 Å². The molecule has 0 saturated heterocycles. The summed E-state index contributed by atoms with van der Waals surface area (Å²) in [7, 11) is 0. The molecule has 0 aromatic heterocycles. The highest BCUT2D eigenvalue weighted by Gasteiger charge is 2.14. The van der Waals surface area contributed by atoms with Crippen LogP contribution in [0.1, 0.15) is 6.42 Å². The molecule has 7 heteroatoms. The highest BCUT2D eigenvalue weighted by molar-refractivity contribution is 5.80. The molecule has 0 unspecified atom stereocenters. The largest absolute Gasteiger partial charge is 0.481 e. The number of aliphatic carboxylic acids is 2. The molecule has 6 nitrogen and oxygen atoms in total. The van der Waals surface area contributed by atoms with Gasteiger partial charge in [-0.15, -0.1) is 0 Å². The van der Waals surface area contributed by atoms with Crippen molar-refractivity contribution in [1.82, 2.24) is 0 Å². The second kappa shape index (κ2) is 7.73. The smallest absolute Gasteiger partial charge is 0.321 e. The molecule has 1 atom stereocenters. The van der Waals surface area contributed by atoms with Crippen LogP contribution in [0.15, 0.2) is 0 Å². The van der Waals surface area contributed by atoms with Crippen LogP contribution in [0.5, 0.6) is 0 Å². The number of hydrogen-bond acceptors (Lipinski definition) is 3. The Bertz CT molecular complexity index is 138. The Labute approximate surface area is 78.8 Å². The summed E-state index contributed by atoms with van der Waals surface area (Å²) in [5, 5.41) is 16.0. The zero-order valence-electron chi connectivity index (χ0n) is 5.78. The lowest BCUT2D eigenvalue weighted by Crippen LogP contribution is -2.32. The summed E-state index contributed by atoms with van der Waals surface area (Å²) in [6.07, 6.45) is -0.532. The van der Waals surface area contributed by atoms with Gasteiger partial charge in [-0.1, -0.05) is 0 Å². The van der Waals surface area contributed by atoms with Gasteiger partial charge >= 0.3 is 11.9 Å². The van der Waals surface area contributed by atoms with Crippen molar-refractivity contribution in [2.24, 2.45) is 5.73 Å². The van der Waals surface area contributed by atoms with Crippen molar-refractivity contribution in [3.63, 3.8) is 0 Å². The van der Waals surface area contributed by atoms with Crippen molar-refractivity contribution in [2.75, 3.05) is 0 Å². The molecular weight excluding hydrogens is 166 g/mol. The van der Waals surface area contributed by atoms with Crippen LogP contribution in [0.4, 0.5) is 0 Å². The van der Waals surface area contributed by atoms with Crippen LogP contribution in [-0.2, 0) is 9.59 Å². The van der Waals surface area contributed by atoms with E-state index in [1.54, 1.807) is 0 Å². The monoisotopic (exact) mass is 175 g/mol. The Kier molecular flexibility index (Phi) is 11.9. The third kappa shape index (κ3) is 9.63. The highest BCUT2D eigenvalue weighted by atomic mass is 24.3. The van der Waals surface area contributed by atoms with Crippen molar-refractivity contribution < 1.29 is 25.3 Å². The molecule has 0 fully saturated rings. The van der Waals surface area contributed by atoms with Crippen LogP contribution in [0.2, 0.25) is 0 Å². The van der Waals surface area contributed by atoms with Crippen LogP contribution in [0.25, 0.3) is 0 Å². The highest BCUT2D eigenvalue weighted by Crippen LogP contribution is 1.86. The minimum absolute atomic E-state index is 0.